The number of carbonyl (C=O) groups is 2. The van der Waals surface area contributed by atoms with Crippen LogP contribution in [0, 0.1) is 0 Å². The molecule has 1 heterocycles. The Morgan fingerprint density at radius 1 is 0.886 bits per heavy atom. The highest BCUT2D eigenvalue weighted by Gasteiger charge is 2.21. The lowest BCUT2D eigenvalue weighted by Gasteiger charge is -2.22. The molecule has 1 aromatic heterocycles. The van der Waals surface area contributed by atoms with Crippen LogP contribution < -0.4 is 10.1 Å². The first-order valence-corrected chi connectivity index (χ1v) is 14.2. The minimum atomic E-state index is -0.383. The molecule has 6 nitrogen and oxygen atoms in total. The number of esters is 1. The molecule has 1 amide bonds. The molecule has 2 aliphatic rings. The second-order valence-corrected chi connectivity index (χ2v) is 10.8. The van der Waals surface area contributed by atoms with Gasteiger partial charge >= 0.3 is 5.97 Å². The van der Waals surface area contributed by atoms with Crippen LogP contribution in [0.4, 0.5) is 5.13 Å². The van der Waals surface area contributed by atoms with Crippen LogP contribution in [0.15, 0.2) is 24.3 Å². The van der Waals surface area contributed by atoms with Gasteiger partial charge in [-0.1, -0.05) is 57.1 Å². The number of hydrogen-bond acceptors (Lipinski definition) is 6. The van der Waals surface area contributed by atoms with E-state index in [9.17, 15) is 9.59 Å². The molecule has 2 aromatic rings. The van der Waals surface area contributed by atoms with Crippen molar-refractivity contribution in [2.75, 3.05) is 11.9 Å². The van der Waals surface area contributed by atoms with Crippen molar-refractivity contribution in [2.45, 2.75) is 102 Å². The number of aromatic nitrogens is 1. The molecule has 0 spiro atoms. The first-order valence-electron chi connectivity index (χ1n) is 13.4. The Kier molecular flexibility index (Phi) is 9.99. The number of aryl methyl sites for hydroxylation is 2. The van der Waals surface area contributed by atoms with Gasteiger partial charge in [-0.15, -0.1) is 11.3 Å². The molecule has 4 rings (SSSR count). The van der Waals surface area contributed by atoms with Gasteiger partial charge in [0, 0.05) is 4.88 Å². The normalized spacial score (nSPS) is 17.9. The quantitative estimate of drug-likeness (QED) is 0.440. The van der Waals surface area contributed by atoms with Crippen LogP contribution in [0.1, 0.15) is 104 Å². The van der Waals surface area contributed by atoms with Crippen molar-refractivity contribution in [3.8, 4) is 5.75 Å². The zero-order chi connectivity index (χ0) is 24.3. The second kappa shape index (κ2) is 13.6. The van der Waals surface area contributed by atoms with Crippen LogP contribution >= 0.6 is 11.3 Å². The molecule has 1 fully saturated rings. The zero-order valence-electron chi connectivity index (χ0n) is 20.7. The van der Waals surface area contributed by atoms with Gasteiger partial charge in [0.15, 0.2) is 11.7 Å². The number of ether oxygens (including phenoxy) is 2. The van der Waals surface area contributed by atoms with Gasteiger partial charge in [-0.3, -0.25) is 10.1 Å². The summed E-state index contributed by atoms with van der Waals surface area (Å²) in [7, 11) is 0. The standard InChI is InChI=1S/C28H38N2O4S/c31-26(30-28-29-23-17-10-5-3-1-2-4-6-11-19-25(23)35-28)20-33-24-18-13-12-16-22(24)27(32)34-21-14-8-7-9-15-21/h12-13,16,18,21H,1-11,14-15,17,19-20H2,(H,29,30,31). The van der Waals surface area contributed by atoms with Crippen LogP contribution in [0.5, 0.6) is 5.75 Å². The number of nitrogens with zero attached hydrogens (tertiary/aromatic N) is 1. The van der Waals surface area contributed by atoms with E-state index in [1.807, 2.05) is 0 Å². The third-order valence-corrected chi connectivity index (χ3v) is 7.96. The number of hydrogen-bond donors (Lipinski definition) is 1. The molecule has 0 bridgehead atoms. The van der Waals surface area contributed by atoms with Gasteiger partial charge in [-0.25, -0.2) is 9.78 Å². The molecule has 190 valence electrons. The smallest absolute Gasteiger partial charge is 0.342 e. The third-order valence-electron chi connectivity index (χ3n) is 6.88. The summed E-state index contributed by atoms with van der Waals surface area (Å²) in [6.45, 7) is -0.183. The predicted octanol–water partition coefficient (Wildman–Crippen LogP) is 6.87. The lowest BCUT2D eigenvalue weighted by Crippen LogP contribution is -2.23. The fourth-order valence-corrected chi connectivity index (χ4v) is 5.99. The van der Waals surface area contributed by atoms with Crippen molar-refractivity contribution < 1.29 is 19.1 Å². The Morgan fingerprint density at radius 2 is 1.54 bits per heavy atom. The molecular formula is C28H38N2O4S. The van der Waals surface area contributed by atoms with Crippen molar-refractivity contribution in [3.05, 3.63) is 40.4 Å². The van der Waals surface area contributed by atoms with E-state index in [0.717, 1.165) is 50.6 Å². The summed E-state index contributed by atoms with van der Waals surface area (Å²) in [4.78, 5) is 31.4. The summed E-state index contributed by atoms with van der Waals surface area (Å²) >= 11 is 1.59. The van der Waals surface area contributed by atoms with Gasteiger partial charge in [0.05, 0.1) is 5.69 Å². The van der Waals surface area contributed by atoms with Crippen molar-refractivity contribution in [3.63, 3.8) is 0 Å². The summed E-state index contributed by atoms with van der Waals surface area (Å²) in [6.07, 6.45) is 17.3. The lowest BCUT2D eigenvalue weighted by atomic mass is 9.98. The maximum Gasteiger partial charge on any atom is 0.342 e. The lowest BCUT2D eigenvalue weighted by molar-refractivity contribution is -0.118. The number of anilines is 1. The first kappa shape index (κ1) is 25.7. The topological polar surface area (TPSA) is 77.5 Å². The highest BCUT2D eigenvalue weighted by molar-refractivity contribution is 7.15. The molecule has 7 heteroatoms. The summed E-state index contributed by atoms with van der Waals surface area (Å²) in [5, 5.41) is 3.55. The van der Waals surface area contributed by atoms with Crippen LogP contribution in [-0.4, -0.2) is 29.6 Å². The number of para-hydroxylation sites is 1. The predicted molar refractivity (Wildman–Crippen MR) is 139 cm³/mol. The van der Waals surface area contributed by atoms with Crippen molar-refractivity contribution in [2.24, 2.45) is 0 Å². The maximum absolute atomic E-state index is 12.7. The number of carbonyl (C=O) groups excluding carboxylic acids is 2. The number of fused-ring (bicyclic) bond motifs is 1. The van der Waals surface area contributed by atoms with Gasteiger partial charge in [-0.2, -0.15) is 0 Å². The van der Waals surface area contributed by atoms with E-state index in [-0.39, 0.29) is 24.6 Å². The molecule has 0 radical (unpaired) electrons. The Labute approximate surface area is 212 Å². The number of nitrogens with one attached hydrogen (secondary N) is 1. The second-order valence-electron chi connectivity index (χ2n) is 9.72. The van der Waals surface area contributed by atoms with E-state index >= 15 is 0 Å². The molecular weight excluding hydrogens is 460 g/mol. The van der Waals surface area contributed by atoms with Gasteiger partial charge < -0.3 is 9.47 Å². The number of rotatable bonds is 6. The molecule has 0 atom stereocenters. The molecule has 1 N–H and O–H groups in total. The molecule has 2 aliphatic carbocycles. The molecule has 1 saturated carbocycles. The molecule has 0 unspecified atom stereocenters. The number of thiazole rings is 1. The van der Waals surface area contributed by atoms with Crippen LogP contribution in [0.2, 0.25) is 0 Å². The van der Waals surface area contributed by atoms with Crippen molar-refractivity contribution in [1.82, 2.24) is 4.98 Å². The van der Waals surface area contributed by atoms with Crippen LogP contribution in [-0.2, 0) is 22.4 Å². The van der Waals surface area contributed by atoms with Crippen molar-refractivity contribution in [1.29, 1.82) is 0 Å². The van der Waals surface area contributed by atoms with Gasteiger partial charge in [0.1, 0.15) is 17.4 Å². The highest BCUT2D eigenvalue weighted by atomic mass is 32.1. The van der Waals surface area contributed by atoms with Crippen molar-refractivity contribution >= 4 is 28.3 Å². The van der Waals surface area contributed by atoms with E-state index in [4.69, 9.17) is 14.5 Å². The molecule has 35 heavy (non-hydrogen) atoms. The van der Waals surface area contributed by atoms with Crippen LogP contribution in [0.25, 0.3) is 0 Å². The molecule has 0 aliphatic heterocycles. The number of benzene rings is 1. The van der Waals surface area contributed by atoms with E-state index in [1.54, 1.807) is 35.6 Å². The Balaban J connectivity index is 1.32. The van der Waals surface area contributed by atoms with E-state index in [0.29, 0.717) is 16.4 Å². The summed E-state index contributed by atoms with van der Waals surface area (Å²) in [5.41, 5.74) is 1.50. The molecule has 1 aromatic carbocycles. The Bertz CT molecular complexity index is 938. The third kappa shape index (κ3) is 8.06. The Hall–Kier alpha value is -2.41. The SMILES string of the molecule is O=C(COc1ccccc1C(=O)OC1CCCCC1)Nc1nc2c(s1)CCCCCCCCCC2. The van der Waals surface area contributed by atoms with Gasteiger partial charge in [-0.05, 0) is 63.5 Å². The average molecular weight is 499 g/mol. The van der Waals surface area contributed by atoms with E-state index < -0.39 is 0 Å². The largest absolute Gasteiger partial charge is 0.483 e. The fourth-order valence-electron chi connectivity index (χ4n) is 4.92. The van der Waals surface area contributed by atoms with E-state index in [2.05, 4.69) is 5.32 Å². The average Bonchev–Trinajstić information content (AvgIpc) is 3.24. The highest BCUT2D eigenvalue weighted by Crippen LogP contribution is 2.28. The Morgan fingerprint density at radius 3 is 2.31 bits per heavy atom. The monoisotopic (exact) mass is 498 g/mol. The minimum Gasteiger partial charge on any atom is -0.483 e. The zero-order valence-corrected chi connectivity index (χ0v) is 21.5. The first-order chi connectivity index (χ1) is 17.2. The van der Waals surface area contributed by atoms with E-state index in [1.165, 1.54) is 56.2 Å². The summed E-state index contributed by atoms with van der Waals surface area (Å²) < 4.78 is 11.4. The maximum atomic E-state index is 12.7. The number of amides is 1. The minimum absolute atomic E-state index is 0.0284. The van der Waals surface area contributed by atoms with Crippen LogP contribution in [0.3, 0.4) is 0 Å². The van der Waals surface area contributed by atoms with Gasteiger partial charge in [0.25, 0.3) is 5.91 Å². The fraction of sp³-hybridized carbons (Fsp3) is 0.607. The summed E-state index contributed by atoms with van der Waals surface area (Å²) in [5.74, 6) is -0.286. The van der Waals surface area contributed by atoms with Gasteiger partial charge in [0.2, 0.25) is 0 Å². The molecule has 0 saturated heterocycles. The summed E-state index contributed by atoms with van der Waals surface area (Å²) in [6, 6.07) is 6.97.